The Kier molecular flexibility index (Phi) is 6.84. The van der Waals surface area contributed by atoms with Crippen LogP contribution in [0.25, 0.3) is 5.76 Å². The van der Waals surface area contributed by atoms with Crippen LogP contribution in [0.1, 0.15) is 24.1 Å². The van der Waals surface area contributed by atoms with Crippen molar-refractivity contribution >= 4 is 57.9 Å². The average Bonchev–Trinajstić information content (AvgIpc) is 3.05. The van der Waals surface area contributed by atoms with E-state index >= 15 is 0 Å². The van der Waals surface area contributed by atoms with Crippen molar-refractivity contribution in [3.8, 4) is 5.75 Å². The average molecular weight is 521 g/mol. The summed E-state index contributed by atoms with van der Waals surface area (Å²) in [7, 11) is 0. The van der Waals surface area contributed by atoms with Gasteiger partial charge in [0.2, 0.25) is 0 Å². The predicted molar refractivity (Wildman–Crippen MR) is 130 cm³/mol. The van der Waals surface area contributed by atoms with Crippen LogP contribution in [-0.2, 0) is 9.59 Å². The number of hydrogen-bond donors (Lipinski definition) is 1. The van der Waals surface area contributed by atoms with E-state index in [1.807, 2.05) is 0 Å². The van der Waals surface area contributed by atoms with Crippen molar-refractivity contribution in [2.75, 3.05) is 11.5 Å². The molecule has 3 aromatic carbocycles. The summed E-state index contributed by atoms with van der Waals surface area (Å²) in [5, 5.41) is 11.9. The fraction of sp³-hybridized carbons (Fsp3) is 0.120. The smallest absolute Gasteiger partial charge is 0.300 e. The highest BCUT2D eigenvalue weighted by Gasteiger charge is 2.47. The SMILES string of the molecule is CCOc1ccc(Cl)c(/C(O)=C2\C(=O)C(=O)N(c3cc(Cl)cc(Cl)c3)C2c2ccc(F)cc2)c1. The molecule has 5 nitrogen and oxygen atoms in total. The molecule has 1 unspecified atom stereocenters. The van der Waals surface area contributed by atoms with E-state index in [1.165, 1.54) is 59.5 Å². The van der Waals surface area contributed by atoms with Crippen molar-refractivity contribution < 1.29 is 23.8 Å². The van der Waals surface area contributed by atoms with Gasteiger partial charge >= 0.3 is 0 Å². The van der Waals surface area contributed by atoms with Crippen LogP contribution in [0, 0.1) is 5.82 Å². The molecule has 0 saturated carbocycles. The van der Waals surface area contributed by atoms with Crippen LogP contribution in [0.4, 0.5) is 10.1 Å². The summed E-state index contributed by atoms with van der Waals surface area (Å²) in [6.45, 7) is 2.17. The molecule has 1 aliphatic rings. The predicted octanol–water partition coefficient (Wildman–Crippen LogP) is 6.81. The molecule has 1 amide bonds. The number of ketones is 1. The Labute approximate surface area is 209 Å². The highest BCUT2D eigenvalue weighted by molar-refractivity contribution is 6.52. The van der Waals surface area contributed by atoms with Crippen LogP contribution in [-0.4, -0.2) is 23.4 Å². The molecule has 0 spiro atoms. The molecule has 1 saturated heterocycles. The lowest BCUT2D eigenvalue weighted by Crippen LogP contribution is -2.29. The Bertz CT molecular complexity index is 1300. The zero-order chi connectivity index (χ0) is 24.6. The number of amides is 1. The van der Waals surface area contributed by atoms with Crippen LogP contribution >= 0.6 is 34.8 Å². The lowest BCUT2D eigenvalue weighted by Gasteiger charge is -2.26. The fourth-order valence-electron chi connectivity index (χ4n) is 3.83. The van der Waals surface area contributed by atoms with E-state index in [9.17, 15) is 19.1 Å². The van der Waals surface area contributed by atoms with Crippen LogP contribution < -0.4 is 9.64 Å². The zero-order valence-corrected chi connectivity index (χ0v) is 20.0. The maximum atomic E-state index is 13.7. The minimum absolute atomic E-state index is 0.113. The maximum Gasteiger partial charge on any atom is 0.300 e. The molecule has 1 fully saturated rings. The minimum atomic E-state index is -1.10. The highest BCUT2D eigenvalue weighted by atomic mass is 35.5. The van der Waals surface area contributed by atoms with E-state index in [-0.39, 0.29) is 31.9 Å². The third kappa shape index (κ3) is 4.49. The first-order valence-electron chi connectivity index (χ1n) is 10.2. The molecular weight excluding hydrogens is 504 g/mol. The van der Waals surface area contributed by atoms with Crippen molar-refractivity contribution in [3.63, 3.8) is 0 Å². The quantitative estimate of drug-likeness (QED) is 0.228. The van der Waals surface area contributed by atoms with E-state index in [2.05, 4.69) is 0 Å². The van der Waals surface area contributed by atoms with Gasteiger partial charge in [-0.1, -0.05) is 46.9 Å². The molecule has 1 heterocycles. The molecule has 174 valence electrons. The van der Waals surface area contributed by atoms with Gasteiger partial charge in [-0.3, -0.25) is 14.5 Å². The first kappa shape index (κ1) is 24.1. The summed E-state index contributed by atoms with van der Waals surface area (Å²) in [6.07, 6.45) is 0. The number of anilines is 1. The molecular formula is C25H17Cl3FNO4. The summed E-state index contributed by atoms with van der Waals surface area (Å²) in [5.41, 5.74) is 0.516. The van der Waals surface area contributed by atoms with Gasteiger partial charge in [0.05, 0.1) is 23.2 Å². The third-order valence-corrected chi connectivity index (χ3v) is 6.03. The highest BCUT2D eigenvalue weighted by Crippen LogP contribution is 2.44. The van der Waals surface area contributed by atoms with Gasteiger partial charge in [0, 0.05) is 21.3 Å². The molecule has 0 aromatic heterocycles. The standard InChI is InChI=1S/C25H17Cl3FNO4/c1-2-34-18-7-8-20(28)19(12-18)23(31)21-22(13-3-5-16(29)6-4-13)30(25(33)24(21)32)17-10-14(26)9-15(27)11-17/h3-12,22,31H,2H2,1H3/b23-21+. The number of benzene rings is 3. The Balaban J connectivity index is 1.97. The molecule has 1 N–H and O–H groups in total. The van der Waals surface area contributed by atoms with Crippen molar-refractivity contribution in [2.24, 2.45) is 0 Å². The maximum absolute atomic E-state index is 13.7. The van der Waals surface area contributed by atoms with Crippen LogP contribution in [0.15, 0.2) is 66.2 Å². The molecule has 1 aliphatic heterocycles. The summed E-state index contributed by atoms with van der Waals surface area (Å²) in [6, 6.07) is 13.2. The molecule has 9 heteroatoms. The van der Waals surface area contributed by atoms with Crippen LogP contribution in [0.2, 0.25) is 15.1 Å². The molecule has 4 rings (SSSR count). The van der Waals surface area contributed by atoms with Gasteiger partial charge in [-0.05, 0) is 61.0 Å². The number of hydrogen-bond acceptors (Lipinski definition) is 4. The van der Waals surface area contributed by atoms with Gasteiger partial charge in [-0.25, -0.2) is 4.39 Å². The van der Waals surface area contributed by atoms with Gasteiger partial charge in [0.15, 0.2) is 0 Å². The topological polar surface area (TPSA) is 66.8 Å². The van der Waals surface area contributed by atoms with E-state index < -0.39 is 29.3 Å². The van der Waals surface area contributed by atoms with Gasteiger partial charge < -0.3 is 9.84 Å². The zero-order valence-electron chi connectivity index (χ0n) is 17.7. The lowest BCUT2D eigenvalue weighted by atomic mass is 9.95. The van der Waals surface area contributed by atoms with E-state index in [0.717, 1.165) is 0 Å². The number of aliphatic hydroxyl groups is 1. The summed E-state index contributed by atoms with van der Waals surface area (Å²) >= 11 is 18.6. The molecule has 1 atom stereocenters. The number of rotatable bonds is 5. The van der Waals surface area contributed by atoms with E-state index in [4.69, 9.17) is 39.5 Å². The number of carbonyl (C=O) groups excluding carboxylic acids is 2. The number of halogens is 4. The Hall–Kier alpha value is -3.06. The van der Waals surface area contributed by atoms with Crippen molar-refractivity contribution in [2.45, 2.75) is 13.0 Å². The number of aliphatic hydroxyl groups excluding tert-OH is 1. The molecule has 0 aliphatic carbocycles. The minimum Gasteiger partial charge on any atom is -0.507 e. The molecule has 0 bridgehead atoms. The number of Topliss-reactive ketones (excluding diaryl/α,β-unsaturated/α-hetero) is 1. The molecule has 0 radical (unpaired) electrons. The lowest BCUT2D eigenvalue weighted by molar-refractivity contribution is -0.132. The van der Waals surface area contributed by atoms with Gasteiger partial charge in [-0.2, -0.15) is 0 Å². The first-order valence-corrected chi connectivity index (χ1v) is 11.3. The second-order valence-corrected chi connectivity index (χ2v) is 8.70. The van der Waals surface area contributed by atoms with Crippen LogP contribution in [0.3, 0.4) is 0 Å². The van der Waals surface area contributed by atoms with E-state index in [0.29, 0.717) is 17.9 Å². The Morgan fingerprint density at radius 1 is 1.00 bits per heavy atom. The van der Waals surface area contributed by atoms with Gasteiger partial charge in [0.25, 0.3) is 11.7 Å². The van der Waals surface area contributed by atoms with E-state index in [1.54, 1.807) is 13.0 Å². The Morgan fingerprint density at radius 2 is 1.65 bits per heavy atom. The normalized spacial score (nSPS) is 17.3. The number of nitrogens with zero attached hydrogens (tertiary/aromatic N) is 1. The second-order valence-electron chi connectivity index (χ2n) is 7.42. The number of ether oxygens (including phenoxy) is 1. The Morgan fingerprint density at radius 3 is 2.26 bits per heavy atom. The third-order valence-electron chi connectivity index (χ3n) is 5.26. The van der Waals surface area contributed by atoms with Gasteiger partial charge in [-0.15, -0.1) is 0 Å². The first-order chi connectivity index (χ1) is 16.2. The van der Waals surface area contributed by atoms with Crippen molar-refractivity contribution in [3.05, 3.63) is 98.2 Å². The largest absolute Gasteiger partial charge is 0.507 e. The fourth-order valence-corrected chi connectivity index (χ4v) is 4.55. The monoisotopic (exact) mass is 519 g/mol. The summed E-state index contributed by atoms with van der Waals surface area (Å²) < 4.78 is 19.1. The summed E-state index contributed by atoms with van der Waals surface area (Å²) in [4.78, 5) is 27.6. The van der Waals surface area contributed by atoms with Crippen LogP contribution in [0.5, 0.6) is 5.75 Å². The van der Waals surface area contributed by atoms with Crippen molar-refractivity contribution in [1.29, 1.82) is 0 Å². The second kappa shape index (κ2) is 9.66. The van der Waals surface area contributed by atoms with Crippen molar-refractivity contribution in [1.82, 2.24) is 0 Å². The molecule has 34 heavy (non-hydrogen) atoms. The summed E-state index contributed by atoms with van der Waals surface area (Å²) in [5.74, 6) is -2.43. The van der Waals surface area contributed by atoms with Gasteiger partial charge in [0.1, 0.15) is 17.3 Å². The number of carbonyl (C=O) groups is 2. The molecule has 3 aromatic rings.